The van der Waals surface area contributed by atoms with Crippen LogP contribution in [0.2, 0.25) is 0 Å². The van der Waals surface area contributed by atoms with Crippen molar-refractivity contribution >= 4 is 23.1 Å². The SMILES string of the molecule is CCc1ccccc1C(=O)N(CC(N)=S)C1CCCC1. The number of thiocarbonyl (C=S) groups is 1. The Balaban J connectivity index is 2.27. The highest BCUT2D eigenvalue weighted by molar-refractivity contribution is 7.80. The molecule has 1 aliphatic rings. The van der Waals surface area contributed by atoms with Crippen LogP contribution in [-0.2, 0) is 6.42 Å². The second-order valence-electron chi connectivity index (χ2n) is 5.35. The molecule has 0 aliphatic heterocycles. The first-order valence-corrected chi connectivity index (χ1v) is 7.71. The first-order valence-electron chi connectivity index (χ1n) is 7.30. The van der Waals surface area contributed by atoms with E-state index in [9.17, 15) is 4.79 Å². The molecule has 0 heterocycles. The highest BCUT2D eigenvalue weighted by Gasteiger charge is 2.28. The molecule has 108 valence electrons. The van der Waals surface area contributed by atoms with Gasteiger partial charge in [0.15, 0.2) is 0 Å². The minimum absolute atomic E-state index is 0.0714. The van der Waals surface area contributed by atoms with Crippen LogP contribution in [0.3, 0.4) is 0 Å². The van der Waals surface area contributed by atoms with Crippen LogP contribution < -0.4 is 5.73 Å². The van der Waals surface area contributed by atoms with Gasteiger partial charge in [-0.2, -0.15) is 0 Å². The number of amides is 1. The number of benzene rings is 1. The molecule has 0 atom stereocenters. The summed E-state index contributed by atoms with van der Waals surface area (Å²) in [6.07, 6.45) is 5.33. The Morgan fingerprint density at radius 3 is 2.60 bits per heavy atom. The molecule has 2 N–H and O–H groups in total. The molecule has 20 heavy (non-hydrogen) atoms. The summed E-state index contributed by atoms with van der Waals surface area (Å²) in [5.41, 5.74) is 7.56. The number of hydrogen-bond acceptors (Lipinski definition) is 2. The number of nitrogens with two attached hydrogens (primary N) is 1. The van der Waals surface area contributed by atoms with E-state index in [1.807, 2.05) is 29.2 Å². The maximum Gasteiger partial charge on any atom is 0.254 e. The van der Waals surface area contributed by atoms with Crippen molar-refractivity contribution in [3.05, 3.63) is 35.4 Å². The maximum atomic E-state index is 12.9. The minimum atomic E-state index is 0.0714. The van der Waals surface area contributed by atoms with Crippen LogP contribution in [0, 0.1) is 0 Å². The lowest BCUT2D eigenvalue weighted by molar-refractivity contribution is 0.0713. The zero-order chi connectivity index (χ0) is 14.5. The summed E-state index contributed by atoms with van der Waals surface area (Å²) in [6, 6.07) is 8.10. The van der Waals surface area contributed by atoms with Crippen molar-refractivity contribution in [3.63, 3.8) is 0 Å². The summed E-state index contributed by atoms with van der Waals surface area (Å²) in [5, 5.41) is 0. The Morgan fingerprint density at radius 2 is 2.00 bits per heavy atom. The van der Waals surface area contributed by atoms with Crippen molar-refractivity contribution in [2.75, 3.05) is 6.54 Å². The van der Waals surface area contributed by atoms with Crippen LogP contribution >= 0.6 is 12.2 Å². The average Bonchev–Trinajstić information content (AvgIpc) is 2.97. The third kappa shape index (κ3) is 3.37. The highest BCUT2D eigenvalue weighted by Crippen LogP contribution is 2.25. The molecular formula is C16H22N2OS. The Bertz CT molecular complexity index is 495. The van der Waals surface area contributed by atoms with Crippen molar-refractivity contribution < 1.29 is 4.79 Å². The number of aryl methyl sites for hydroxylation is 1. The molecule has 0 bridgehead atoms. The van der Waals surface area contributed by atoms with E-state index in [2.05, 4.69) is 6.92 Å². The van der Waals surface area contributed by atoms with E-state index >= 15 is 0 Å². The third-order valence-corrected chi connectivity index (χ3v) is 4.11. The van der Waals surface area contributed by atoms with Crippen molar-refractivity contribution in [2.24, 2.45) is 5.73 Å². The van der Waals surface area contributed by atoms with E-state index in [1.165, 1.54) is 12.8 Å². The van der Waals surface area contributed by atoms with Crippen LogP contribution in [0.25, 0.3) is 0 Å². The number of rotatable bonds is 5. The number of hydrogen-bond donors (Lipinski definition) is 1. The molecule has 1 amide bonds. The van der Waals surface area contributed by atoms with E-state index in [0.717, 1.165) is 30.4 Å². The topological polar surface area (TPSA) is 46.3 Å². The largest absolute Gasteiger partial charge is 0.392 e. The minimum Gasteiger partial charge on any atom is -0.392 e. The Kier molecular flexibility index (Phi) is 5.12. The van der Waals surface area contributed by atoms with Gasteiger partial charge in [0.25, 0.3) is 5.91 Å². The van der Waals surface area contributed by atoms with Crippen molar-refractivity contribution in [1.29, 1.82) is 0 Å². The van der Waals surface area contributed by atoms with Crippen LogP contribution in [0.5, 0.6) is 0 Å². The number of carbonyl (C=O) groups excluding carboxylic acids is 1. The number of carbonyl (C=O) groups is 1. The summed E-state index contributed by atoms with van der Waals surface area (Å²) in [6.45, 7) is 2.45. The Hall–Kier alpha value is -1.42. The zero-order valence-corrected chi connectivity index (χ0v) is 12.8. The molecule has 1 fully saturated rings. The molecule has 1 aromatic carbocycles. The quantitative estimate of drug-likeness (QED) is 0.848. The van der Waals surface area contributed by atoms with E-state index in [1.54, 1.807) is 0 Å². The second-order valence-corrected chi connectivity index (χ2v) is 5.87. The Labute approximate surface area is 126 Å². The number of nitrogens with zero attached hydrogens (tertiary/aromatic N) is 1. The van der Waals surface area contributed by atoms with E-state index in [0.29, 0.717) is 11.5 Å². The highest BCUT2D eigenvalue weighted by atomic mass is 32.1. The summed E-state index contributed by atoms with van der Waals surface area (Å²) in [4.78, 5) is 15.1. The molecular weight excluding hydrogens is 268 g/mol. The lowest BCUT2D eigenvalue weighted by Crippen LogP contribution is -2.43. The molecule has 0 saturated heterocycles. The van der Waals surface area contributed by atoms with Gasteiger partial charge in [-0.1, -0.05) is 50.2 Å². The molecule has 2 rings (SSSR count). The van der Waals surface area contributed by atoms with Crippen molar-refractivity contribution in [3.8, 4) is 0 Å². The predicted octanol–water partition coefficient (Wildman–Crippen LogP) is 2.92. The smallest absolute Gasteiger partial charge is 0.254 e. The monoisotopic (exact) mass is 290 g/mol. The fourth-order valence-electron chi connectivity index (χ4n) is 2.94. The van der Waals surface area contributed by atoms with Gasteiger partial charge in [0.05, 0.1) is 11.5 Å². The van der Waals surface area contributed by atoms with Gasteiger partial charge in [0.2, 0.25) is 0 Å². The fourth-order valence-corrected chi connectivity index (χ4v) is 3.08. The first-order chi connectivity index (χ1) is 9.63. The summed E-state index contributed by atoms with van der Waals surface area (Å²) >= 11 is 5.02. The average molecular weight is 290 g/mol. The zero-order valence-electron chi connectivity index (χ0n) is 12.0. The molecule has 1 saturated carbocycles. The summed E-state index contributed by atoms with van der Waals surface area (Å²) < 4.78 is 0. The van der Waals surface area contributed by atoms with Gasteiger partial charge in [-0.05, 0) is 30.9 Å². The van der Waals surface area contributed by atoms with Gasteiger partial charge < -0.3 is 10.6 Å². The molecule has 3 nitrogen and oxygen atoms in total. The fraction of sp³-hybridized carbons (Fsp3) is 0.500. The van der Waals surface area contributed by atoms with Gasteiger partial charge in [-0.15, -0.1) is 0 Å². The lowest BCUT2D eigenvalue weighted by atomic mass is 10.0. The van der Waals surface area contributed by atoms with Crippen LogP contribution in [0.15, 0.2) is 24.3 Å². The normalized spacial score (nSPS) is 15.2. The van der Waals surface area contributed by atoms with Gasteiger partial charge >= 0.3 is 0 Å². The van der Waals surface area contributed by atoms with Crippen LogP contribution in [-0.4, -0.2) is 28.4 Å². The van der Waals surface area contributed by atoms with Crippen molar-refractivity contribution in [1.82, 2.24) is 4.90 Å². The van der Waals surface area contributed by atoms with E-state index in [-0.39, 0.29) is 11.9 Å². The molecule has 4 heteroatoms. The van der Waals surface area contributed by atoms with E-state index in [4.69, 9.17) is 18.0 Å². The predicted molar refractivity (Wildman–Crippen MR) is 85.9 cm³/mol. The van der Waals surface area contributed by atoms with Gasteiger partial charge in [-0.3, -0.25) is 4.79 Å². The van der Waals surface area contributed by atoms with Gasteiger partial charge in [-0.25, -0.2) is 0 Å². The lowest BCUT2D eigenvalue weighted by Gasteiger charge is -2.29. The molecule has 0 aromatic heterocycles. The maximum absolute atomic E-state index is 12.9. The standard InChI is InChI=1S/C16H22N2OS/c1-2-12-7-3-6-10-14(12)16(19)18(11-15(17)20)13-8-4-5-9-13/h3,6-7,10,13H,2,4-5,8-9,11H2,1H3,(H2,17,20). The Morgan fingerprint density at radius 1 is 1.35 bits per heavy atom. The van der Waals surface area contributed by atoms with Crippen LogP contribution in [0.4, 0.5) is 0 Å². The molecule has 0 spiro atoms. The first kappa shape index (κ1) is 15.0. The van der Waals surface area contributed by atoms with Gasteiger partial charge in [0.1, 0.15) is 0 Å². The van der Waals surface area contributed by atoms with Gasteiger partial charge in [0, 0.05) is 11.6 Å². The van der Waals surface area contributed by atoms with Crippen LogP contribution in [0.1, 0.15) is 48.5 Å². The van der Waals surface area contributed by atoms with E-state index < -0.39 is 0 Å². The molecule has 0 unspecified atom stereocenters. The van der Waals surface area contributed by atoms with Crippen molar-refractivity contribution in [2.45, 2.75) is 45.1 Å². The molecule has 1 aliphatic carbocycles. The second kappa shape index (κ2) is 6.84. The third-order valence-electron chi connectivity index (χ3n) is 3.98. The summed E-state index contributed by atoms with van der Waals surface area (Å²) in [7, 11) is 0. The molecule has 0 radical (unpaired) electrons. The molecule has 1 aromatic rings. The summed E-state index contributed by atoms with van der Waals surface area (Å²) in [5.74, 6) is 0.0714.